The number of hydrogen-bond donors (Lipinski definition) is 4. The number of nitrogens with two attached hydrogens (primary N) is 1. The topological polar surface area (TPSA) is 203 Å². The fourth-order valence-electron chi connectivity index (χ4n) is 7.14. The number of nitrogen functional groups attached to an aromatic ring is 1. The van der Waals surface area contributed by atoms with Crippen LogP contribution in [0.1, 0.15) is 48.1 Å². The predicted octanol–water partition coefficient (Wildman–Crippen LogP) is 4.44. The number of thiazole rings is 1. The van der Waals surface area contributed by atoms with Crippen LogP contribution in [0.2, 0.25) is 0 Å². The molecule has 3 aromatic carbocycles. The number of rotatable bonds is 14. The molecule has 3 aliphatic rings. The Morgan fingerprint density at radius 2 is 1.61 bits per heavy atom. The Morgan fingerprint density at radius 3 is 2.18 bits per heavy atom. The summed E-state index contributed by atoms with van der Waals surface area (Å²) in [5.41, 5.74) is 2.67. The van der Waals surface area contributed by atoms with Crippen molar-refractivity contribution in [3.63, 3.8) is 0 Å². The number of carboxylic acid groups (broad SMARTS) is 1. The summed E-state index contributed by atoms with van der Waals surface area (Å²) in [7, 11) is 0. The van der Waals surface area contributed by atoms with Gasteiger partial charge in [-0.3, -0.25) is 14.5 Å². The van der Waals surface area contributed by atoms with Gasteiger partial charge in [-0.25, -0.2) is 9.78 Å². The number of hydrogen-bond acceptors (Lipinski definition) is 14. The third-order valence-corrected chi connectivity index (χ3v) is 13.0. The van der Waals surface area contributed by atoms with E-state index in [4.69, 9.17) is 15.7 Å². The number of anilines is 1. The first-order chi connectivity index (χ1) is 27.3. The number of tetrazole rings is 1. The second-order valence-corrected chi connectivity index (χ2v) is 16.2. The second-order valence-electron chi connectivity index (χ2n) is 13.3. The lowest BCUT2D eigenvalue weighted by Crippen LogP contribution is -2.71. The molecule has 2 amide bonds. The van der Waals surface area contributed by atoms with Gasteiger partial charge in [0, 0.05) is 16.9 Å². The molecule has 0 radical (unpaired) electrons. The molecule has 5 aromatic rings. The van der Waals surface area contributed by atoms with Crippen molar-refractivity contribution in [2.24, 2.45) is 5.16 Å². The van der Waals surface area contributed by atoms with Crippen LogP contribution in [0, 0.1) is 0 Å². The minimum Gasteiger partial charge on any atom is -0.477 e. The minimum absolute atomic E-state index is 0.0800. The lowest BCUT2D eigenvalue weighted by molar-refractivity contribution is -0.150. The molecular formula is C38H36N10O5S3. The smallest absolute Gasteiger partial charge is 0.352 e. The SMILES string of the molecule is Nn1nnnc1SCC1=C(C(=O)O)N2C(=O)[C@@H](NC(=O)C(=NOC3CCCC3)c3csc(NC(c4ccccc4)(c4ccccc4)c4ccccc4)n3)[C@@H]2SC1. The number of benzene rings is 3. The molecular weight excluding hydrogens is 773 g/mol. The van der Waals surface area contributed by atoms with Crippen LogP contribution in [0.25, 0.3) is 0 Å². The first kappa shape index (κ1) is 37.2. The molecule has 4 heterocycles. The van der Waals surface area contributed by atoms with E-state index in [-0.39, 0.29) is 29.0 Å². The number of carbonyl (C=O) groups excluding carboxylic acids is 2. The number of β-lactam (4-membered cyclic amide) rings is 1. The summed E-state index contributed by atoms with van der Waals surface area (Å²) in [5, 5.41) is 33.9. The van der Waals surface area contributed by atoms with Gasteiger partial charge in [-0.2, -0.15) is 0 Å². The Bertz CT molecular complexity index is 2180. The molecule has 2 aliphatic heterocycles. The number of nitrogens with one attached hydrogen (secondary N) is 2. The van der Waals surface area contributed by atoms with Crippen LogP contribution in [0.5, 0.6) is 0 Å². The van der Waals surface area contributed by atoms with Crippen LogP contribution in [0.4, 0.5) is 5.13 Å². The van der Waals surface area contributed by atoms with Crippen LogP contribution in [-0.4, -0.2) is 87.8 Å². The summed E-state index contributed by atoms with van der Waals surface area (Å²) in [5.74, 6) is 3.77. The molecule has 286 valence electrons. The quantitative estimate of drug-likeness (QED) is 0.0307. The molecule has 2 fully saturated rings. The molecule has 0 unspecified atom stereocenters. The van der Waals surface area contributed by atoms with Crippen molar-refractivity contribution >= 4 is 63.5 Å². The molecule has 1 saturated heterocycles. The van der Waals surface area contributed by atoms with E-state index in [9.17, 15) is 19.5 Å². The molecule has 0 spiro atoms. The fraction of sp³-hybridized carbons (Fsp3) is 0.263. The summed E-state index contributed by atoms with van der Waals surface area (Å²) in [4.78, 5) is 53.3. The van der Waals surface area contributed by atoms with Crippen LogP contribution in [0.15, 0.2) is 118 Å². The maximum absolute atomic E-state index is 14.2. The van der Waals surface area contributed by atoms with Crippen LogP contribution >= 0.6 is 34.9 Å². The third-order valence-electron chi connectivity index (χ3n) is 9.85. The van der Waals surface area contributed by atoms with Crippen molar-refractivity contribution in [2.75, 3.05) is 22.7 Å². The number of aromatic nitrogens is 5. The van der Waals surface area contributed by atoms with Crippen molar-refractivity contribution in [1.29, 1.82) is 0 Å². The van der Waals surface area contributed by atoms with Gasteiger partial charge < -0.3 is 26.4 Å². The van der Waals surface area contributed by atoms with Gasteiger partial charge in [0.25, 0.3) is 11.8 Å². The van der Waals surface area contributed by atoms with Gasteiger partial charge in [-0.1, -0.05) is 113 Å². The van der Waals surface area contributed by atoms with Crippen molar-refractivity contribution < 1.29 is 24.3 Å². The Morgan fingerprint density at radius 1 is 0.982 bits per heavy atom. The number of fused-ring (bicyclic) bond motifs is 1. The first-order valence-electron chi connectivity index (χ1n) is 17.8. The van der Waals surface area contributed by atoms with Crippen LogP contribution in [-0.2, 0) is 24.8 Å². The Kier molecular flexibility index (Phi) is 10.7. The van der Waals surface area contributed by atoms with Crippen LogP contribution in [0.3, 0.4) is 0 Å². The molecule has 2 atom stereocenters. The van der Waals surface area contributed by atoms with Crippen molar-refractivity contribution in [1.82, 2.24) is 35.5 Å². The summed E-state index contributed by atoms with van der Waals surface area (Å²) in [6, 6.07) is 29.3. The molecule has 1 aliphatic carbocycles. The Labute approximate surface area is 333 Å². The number of amides is 2. The van der Waals surface area contributed by atoms with Crippen molar-refractivity contribution in [3.8, 4) is 0 Å². The van der Waals surface area contributed by atoms with E-state index in [1.165, 1.54) is 28.0 Å². The highest BCUT2D eigenvalue weighted by atomic mass is 32.2. The maximum atomic E-state index is 14.2. The van der Waals surface area contributed by atoms with E-state index in [1.54, 1.807) is 5.38 Å². The zero-order valence-electron chi connectivity index (χ0n) is 29.7. The van der Waals surface area contributed by atoms with E-state index in [0.717, 1.165) is 58.9 Å². The normalized spacial score (nSPS) is 18.7. The standard InChI is InChI=1S/C38H36N10O5S3/c39-48-37(43-45-46-48)56-21-23-20-54-34-30(33(50)47(34)31(23)35(51)52)41-32(49)29(44-53-27-18-10-11-19-27)28-22-55-36(40-28)42-38(24-12-4-1-5-13-24,25-14-6-2-7-15-25)26-16-8-3-9-17-26/h1-9,12-17,22,27,30,34H,10-11,18-21,39H2,(H,40,42)(H,41,49)(H,51,52)/t30-,34+/m1/s1. The molecule has 8 rings (SSSR count). The highest BCUT2D eigenvalue weighted by Gasteiger charge is 2.54. The number of nitrogens with zero attached hydrogens (tertiary/aromatic N) is 7. The number of aliphatic carboxylic acids is 1. The zero-order chi connectivity index (χ0) is 38.6. The van der Waals surface area contributed by atoms with E-state index in [2.05, 4.69) is 67.7 Å². The van der Waals surface area contributed by atoms with Crippen molar-refractivity contribution in [2.45, 2.75) is 53.9 Å². The summed E-state index contributed by atoms with van der Waals surface area (Å²) in [6.45, 7) is 0. The summed E-state index contributed by atoms with van der Waals surface area (Å²) >= 11 is 3.83. The monoisotopic (exact) mass is 808 g/mol. The molecule has 15 nitrogen and oxygen atoms in total. The zero-order valence-corrected chi connectivity index (χ0v) is 32.2. The van der Waals surface area contributed by atoms with Gasteiger partial charge in [-0.15, -0.1) is 27.9 Å². The average Bonchev–Trinajstić information content (AvgIpc) is 4.02. The van der Waals surface area contributed by atoms with Gasteiger partial charge in [0.1, 0.15) is 34.4 Å². The Hall–Kier alpha value is -5.72. The maximum Gasteiger partial charge on any atom is 0.352 e. The van der Waals surface area contributed by atoms with Gasteiger partial charge in [0.2, 0.25) is 5.16 Å². The van der Waals surface area contributed by atoms with E-state index >= 15 is 0 Å². The lowest BCUT2D eigenvalue weighted by Gasteiger charge is -2.49. The number of carbonyl (C=O) groups is 3. The highest BCUT2D eigenvalue weighted by Crippen LogP contribution is 2.43. The molecule has 0 bridgehead atoms. The Balaban J connectivity index is 1.07. The highest BCUT2D eigenvalue weighted by molar-refractivity contribution is 8.01. The molecule has 18 heteroatoms. The molecule has 5 N–H and O–H groups in total. The van der Waals surface area contributed by atoms with E-state index < -0.39 is 34.7 Å². The number of oxime groups is 1. The third kappa shape index (κ3) is 7.22. The summed E-state index contributed by atoms with van der Waals surface area (Å²) < 4.78 is 0. The lowest BCUT2D eigenvalue weighted by atomic mass is 9.77. The fourth-order valence-corrected chi connectivity index (χ4v) is 10.2. The molecule has 1 saturated carbocycles. The second kappa shape index (κ2) is 16.2. The number of thioether (sulfide) groups is 2. The van der Waals surface area contributed by atoms with E-state index in [0.29, 0.717) is 21.6 Å². The van der Waals surface area contributed by atoms with E-state index in [1.807, 2.05) is 54.6 Å². The molecule has 2 aromatic heterocycles. The molecule has 56 heavy (non-hydrogen) atoms. The van der Waals surface area contributed by atoms with Crippen molar-refractivity contribution in [3.05, 3.63) is 130 Å². The van der Waals surface area contributed by atoms with Gasteiger partial charge in [-0.05, 0) is 58.4 Å². The van der Waals surface area contributed by atoms with Gasteiger partial charge >= 0.3 is 5.97 Å². The largest absolute Gasteiger partial charge is 0.477 e. The van der Waals surface area contributed by atoms with Gasteiger partial charge in [0.15, 0.2) is 10.8 Å². The minimum atomic E-state index is -1.25. The van der Waals surface area contributed by atoms with Crippen LogP contribution < -0.4 is 16.5 Å². The average molecular weight is 809 g/mol. The number of carboxylic acids is 1. The summed E-state index contributed by atoms with van der Waals surface area (Å²) in [6.07, 6.45) is 3.49. The predicted molar refractivity (Wildman–Crippen MR) is 213 cm³/mol. The first-order valence-corrected chi connectivity index (χ1v) is 20.8. The van der Waals surface area contributed by atoms with Gasteiger partial charge in [0.05, 0.1) is 0 Å².